The summed E-state index contributed by atoms with van der Waals surface area (Å²) in [4.78, 5) is 0. The summed E-state index contributed by atoms with van der Waals surface area (Å²) >= 11 is 0. The highest BCUT2D eigenvalue weighted by molar-refractivity contribution is 4.99. The van der Waals surface area contributed by atoms with Crippen LogP contribution in [0.5, 0.6) is 0 Å². The highest BCUT2D eigenvalue weighted by Crippen LogP contribution is 2.28. The second-order valence-corrected chi connectivity index (χ2v) is 4.69. The van der Waals surface area contributed by atoms with Gasteiger partial charge in [-0.1, -0.05) is 31.3 Å². The van der Waals surface area contributed by atoms with Crippen LogP contribution in [0.4, 0.5) is 0 Å². The third-order valence-electron chi connectivity index (χ3n) is 3.51. The molecular weight excluding hydrogens is 188 g/mol. The third kappa shape index (κ3) is 3.06. The van der Waals surface area contributed by atoms with Crippen molar-refractivity contribution in [3.8, 4) is 0 Å². The molecule has 1 fully saturated rings. The van der Waals surface area contributed by atoms with Crippen molar-refractivity contribution in [2.45, 2.75) is 39.2 Å². The Kier molecular flexibility index (Phi) is 3.78. The van der Waals surface area contributed by atoms with Gasteiger partial charge in [-0.15, -0.1) is 0 Å². The molecule has 0 amide bonds. The first-order valence-corrected chi connectivity index (χ1v) is 5.95. The number of hydrogen-bond donors (Lipinski definition) is 1. The molecule has 2 unspecified atom stereocenters. The molecule has 0 aromatic carbocycles. The summed E-state index contributed by atoms with van der Waals surface area (Å²) in [5, 5.41) is 7.18. The molecule has 0 saturated heterocycles. The fourth-order valence-corrected chi connectivity index (χ4v) is 2.41. The zero-order valence-corrected chi connectivity index (χ0v) is 9.41. The van der Waals surface area contributed by atoms with Crippen LogP contribution in [0.2, 0.25) is 0 Å². The summed E-state index contributed by atoms with van der Waals surface area (Å²) in [5.41, 5.74) is 1.14. The summed E-state index contributed by atoms with van der Waals surface area (Å²) in [5.74, 6) is 1.74. The van der Waals surface area contributed by atoms with Crippen LogP contribution in [0.3, 0.4) is 0 Å². The van der Waals surface area contributed by atoms with Crippen molar-refractivity contribution in [2.75, 3.05) is 6.54 Å². The van der Waals surface area contributed by atoms with Gasteiger partial charge >= 0.3 is 0 Å². The molecule has 1 aromatic heterocycles. The topological polar surface area (TPSA) is 38.1 Å². The number of hydrogen-bond acceptors (Lipinski definition) is 3. The van der Waals surface area contributed by atoms with Gasteiger partial charge in [0.05, 0.1) is 6.20 Å². The zero-order valence-electron chi connectivity index (χ0n) is 9.41. The molecule has 15 heavy (non-hydrogen) atoms. The van der Waals surface area contributed by atoms with Gasteiger partial charge < -0.3 is 9.84 Å². The molecule has 1 aromatic rings. The van der Waals surface area contributed by atoms with Crippen LogP contribution in [0.15, 0.2) is 17.0 Å². The van der Waals surface area contributed by atoms with E-state index in [0.717, 1.165) is 30.5 Å². The molecule has 1 heterocycles. The van der Waals surface area contributed by atoms with Gasteiger partial charge in [0.2, 0.25) is 0 Å². The molecule has 1 N–H and O–H groups in total. The van der Waals surface area contributed by atoms with E-state index in [4.69, 9.17) is 4.52 Å². The van der Waals surface area contributed by atoms with E-state index in [2.05, 4.69) is 17.4 Å². The van der Waals surface area contributed by atoms with E-state index in [-0.39, 0.29) is 0 Å². The molecule has 1 saturated carbocycles. The molecule has 2 atom stereocenters. The Morgan fingerprint density at radius 1 is 1.47 bits per heavy atom. The summed E-state index contributed by atoms with van der Waals surface area (Å²) in [6.45, 7) is 4.39. The van der Waals surface area contributed by atoms with Crippen LogP contribution >= 0.6 is 0 Å². The number of nitrogens with zero attached hydrogens (tertiary/aromatic N) is 1. The first kappa shape index (κ1) is 10.7. The van der Waals surface area contributed by atoms with Crippen molar-refractivity contribution in [3.05, 3.63) is 18.0 Å². The van der Waals surface area contributed by atoms with Gasteiger partial charge in [-0.3, -0.25) is 0 Å². The lowest BCUT2D eigenvalue weighted by molar-refractivity contribution is 0.247. The van der Waals surface area contributed by atoms with Crippen LogP contribution in [-0.4, -0.2) is 11.7 Å². The minimum atomic E-state index is 0.860. The first-order chi connectivity index (χ1) is 7.36. The average Bonchev–Trinajstić information content (AvgIpc) is 2.74. The fraction of sp³-hybridized carbons (Fsp3) is 0.750. The van der Waals surface area contributed by atoms with Gasteiger partial charge in [0.15, 0.2) is 0 Å². The average molecular weight is 208 g/mol. The molecule has 1 aliphatic carbocycles. The smallest absolute Gasteiger partial charge is 0.128 e. The molecule has 3 heteroatoms. The van der Waals surface area contributed by atoms with E-state index in [0.29, 0.717) is 0 Å². The Morgan fingerprint density at radius 3 is 3.07 bits per heavy atom. The van der Waals surface area contributed by atoms with E-state index in [1.54, 1.807) is 12.5 Å². The van der Waals surface area contributed by atoms with Crippen LogP contribution in [0.25, 0.3) is 0 Å². The van der Waals surface area contributed by atoms with Gasteiger partial charge in [0.25, 0.3) is 0 Å². The summed E-state index contributed by atoms with van der Waals surface area (Å²) in [6, 6.07) is 0. The normalized spacial score (nSPS) is 26.7. The molecule has 0 bridgehead atoms. The predicted octanol–water partition coefficient (Wildman–Crippen LogP) is 2.59. The highest BCUT2D eigenvalue weighted by atomic mass is 16.5. The second kappa shape index (κ2) is 5.31. The second-order valence-electron chi connectivity index (χ2n) is 4.69. The lowest BCUT2D eigenvalue weighted by Crippen LogP contribution is -2.28. The summed E-state index contributed by atoms with van der Waals surface area (Å²) in [6.07, 6.45) is 9.10. The van der Waals surface area contributed by atoms with Gasteiger partial charge in [-0.2, -0.15) is 0 Å². The molecule has 0 aliphatic heterocycles. The van der Waals surface area contributed by atoms with E-state index in [1.165, 1.54) is 25.7 Å². The standard InChI is InChI=1S/C12H20N2O/c1-10-4-2-3-5-12(10)8-13-6-11-7-14-15-9-11/h7,9-10,12-13H,2-6,8H2,1H3. The van der Waals surface area contributed by atoms with Crippen LogP contribution < -0.4 is 5.32 Å². The van der Waals surface area contributed by atoms with Crippen molar-refractivity contribution in [1.29, 1.82) is 0 Å². The molecule has 84 valence electrons. The number of nitrogens with one attached hydrogen (secondary N) is 1. The van der Waals surface area contributed by atoms with Crippen LogP contribution in [0, 0.1) is 11.8 Å². The maximum Gasteiger partial charge on any atom is 0.128 e. The molecular formula is C12H20N2O. The van der Waals surface area contributed by atoms with Gasteiger partial charge in [-0.05, 0) is 24.8 Å². The Hall–Kier alpha value is -0.830. The van der Waals surface area contributed by atoms with E-state index in [9.17, 15) is 0 Å². The molecule has 3 nitrogen and oxygen atoms in total. The van der Waals surface area contributed by atoms with Crippen molar-refractivity contribution >= 4 is 0 Å². The van der Waals surface area contributed by atoms with E-state index in [1.807, 2.05) is 0 Å². The van der Waals surface area contributed by atoms with Crippen molar-refractivity contribution in [3.63, 3.8) is 0 Å². The fourth-order valence-electron chi connectivity index (χ4n) is 2.41. The van der Waals surface area contributed by atoms with E-state index < -0.39 is 0 Å². The van der Waals surface area contributed by atoms with Gasteiger partial charge in [0.1, 0.15) is 6.26 Å². The SMILES string of the molecule is CC1CCCCC1CNCc1cnoc1. The largest absolute Gasteiger partial charge is 0.364 e. The minimum absolute atomic E-state index is 0.860. The van der Waals surface area contributed by atoms with Gasteiger partial charge in [0, 0.05) is 12.1 Å². The van der Waals surface area contributed by atoms with E-state index >= 15 is 0 Å². The number of rotatable bonds is 4. The summed E-state index contributed by atoms with van der Waals surface area (Å²) in [7, 11) is 0. The first-order valence-electron chi connectivity index (χ1n) is 5.95. The Bertz CT molecular complexity index is 271. The molecule has 1 aliphatic rings. The minimum Gasteiger partial charge on any atom is -0.364 e. The lowest BCUT2D eigenvalue weighted by Gasteiger charge is -2.28. The van der Waals surface area contributed by atoms with Crippen molar-refractivity contribution in [2.24, 2.45) is 11.8 Å². The monoisotopic (exact) mass is 208 g/mol. The third-order valence-corrected chi connectivity index (χ3v) is 3.51. The maximum atomic E-state index is 4.79. The van der Waals surface area contributed by atoms with Gasteiger partial charge in [-0.25, -0.2) is 0 Å². The molecule has 0 radical (unpaired) electrons. The summed E-state index contributed by atoms with van der Waals surface area (Å²) < 4.78 is 4.79. The zero-order chi connectivity index (χ0) is 10.5. The quantitative estimate of drug-likeness (QED) is 0.826. The Morgan fingerprint density at radius 2 is 2.33 bits per heavy atom. The molecule has 0 spiro atoms. The van der Waals surface area contributed by atoms with Crippen LogP contribution in [-0.2, 0) is 6.54 Å². The Balaban J connectivity index is 1.68. The lowest BCUT2D eigenvalue weighted by atomic mass is 9.80. The number of aromatic nitrogens is 1. The maximum absolute atomic E-state index is 4.79. The van der Waals surface area contributed by atoms with Crippen molar-refractivity contribution < 1.29 is 4.52 Å². The predicted molar refractivity (Wildman–Crippen MR) is 59.3 cm³/mol. The van der Waals surface area contributed by atoms with Crippen LogP contribution in [0.1, 0.15) is 38.2 Å². The Labute approximate surface area is 91.2 Å². The van der Waals surface area contributed by atoms with Crippen molar-refractivity contribution in [1.82, 2.24) is 10.5 Å². The molecule has 2 rings (SSSR count). The highest BCUT2D eigenvalue weighted by Gasteiger charge is 2.20.